The largest absolute Gasteiger partial charge is 0.395 e. The molecule has 1 heterocycles. The standard InChI is InChI=1S/C39H51N4O4/c1-2-5-34(6-7-35-10-14-38(15-11-35)42(26-30-44)27-31-45)18-22-40-21-3-4-23-41-24-19-37(20-25-41)9-8-36-12-16-39(17-13-36)43(28-32-46)29-33-47/h2,5-20,22,24-25,40,44-47H,1,3-4,21,23,26-33H2/q+1/b7-6+,22-18-,34-5-. The molecule has 0 radical (unpaired) electrons. The number of benzene rings is 2. The number of nitrogens with zero attached hydrogens (tertiary/aromatic N) is 3. The molecule has 0 bridgehead atoms. The number of aryl methyl sites for hydroxylation is 1. The molecular formula is C39H51N4O4+. The Hall–Kier alpha value is -4.47. The Balaban J connectivity index is 1.38. The molecule has 8 heteroatoms. The van der Waals surface area contributed by atoms with E-state index in [-0.39, 0.29) is 26.4 Å². The number of aliphatic hydroxyl groups is 4. The fraction of sp³-hybridized carbons (Fsp3) is 0.308. The molecule has 0 atom stereocenters. The number of hydrogen-bond acceptors (Lipinski definition) is 7. The van der Waals surface area contributed by atoms with Gasteiger partial charge in [-0.15, -0.1) is 0 Å². The maximum Gasteiger partial charge on any atom is 0.169 e. The Morgan fingerprint density at radius 1 is 0.638 bits per heavy atom. The Morgan fingerprint density at radius 3 is 1.62 bits per heavy atom. The molecule has 8 nitrogen and oxygen atoms in total. The van der Waals surface area contributed by atoms with Crippen LogP contribution in [-0.2, 0) is 6.54 Å². The van der Waals surface area contributed by atoms with Crippen LogP contribution in [0.1, 0.15) is 29.5 Å². The normalized spacial score (nSPS) is 12.0. The molecule has 0 amide bonds. The lowest BCUT2D eigenvalue weighted by Gasteiger charge is -2.22. The summed E-state index contributed by atoms with van der Waals surface area (Å²) in [5, 5.41) is 40.4. The predicted molar refractivity (Wildman–Crippen MR) is 195 cm³/mol. The number of unbranched alkanes of at least 4 members (excludes halogenated alkanes) is 1. The quantitative estimate of drug-likeness (QED) is 0.0630. The van der Waals surface area contributed by atoms with Gasteiger partial charge in [-0.05, 0) is 65.2 Å². The van der Waals surface area contributed by atoms with Crippen molar-refractivity contribution in [3.63, 3.8) is 0 Å². The van der Waals surface area contributed by atoms with E-state index < -0.39 is 0 Å². The van der Waals surface area contributed by atoms with Crippen LogP contribution in [0, 0.1) is 0 Å². The van der Waals surface area contributed by atoms with Crippen LogP contribution in [0.4, 0.5) is 11.4 Å². The van der Waals surface area contributed by atoms with E-state index in [2.05, 4.69) is 59.2 Å². The minimum absolute atomic E-state index is 0.0444. The monoisotopic (exact) mass is 639 g/mol. The van der Waals surface area contributed by atoms with Crippen LogP contribution in [0.5, 0.6) is 0 Å². The van der Waals surface area contributed by atoms with Crippen LogP contribution in [0.3, 0.4) is 0 Å². The third kappa shape index (κ3) is 13.8. The lowest BCUT2D eigenvalue weighted by molar-refractivity contribution is -0.697. The third-order valence-electron chi connectivity index (χ3n) is 7.54. The van der Waals surface area contributed by atoms with Crippen LogP contribution >= 0.6 is 0 Å². The van der Waals surface area contributed by atoms with Gasteiger partial charge in [0.25, 0.3) is 0 Å². The summed E-state index contributed by atoms with van der Waals surface area (Å²) in [6.07, 6.45) is 22.4. The number of anilines is 2. The van der Waals surface area contributed by atoms with Crippen molar-refractivity contribution in [3.05, 3.63) is 132 Å². The number of allylic oxidation sites excluding steroid dienone is 5. The molecule has 0 spiro atoms. The van der Waals surface area contributed by atoms with Gasteiger partial charge in [-0.2, -0.15) is 0 Å². The van der Waals surface area contributed by atoms with Crippen LogP contribution in [-0.4, -0.2) is 79.6 Å². The van der Waals surface area contributed by atoms with Gasteiger partial charge in [0, 0.05) is 62.7 Å². The first-order valence-corrected chi connectivity index (χ1v) is 16.3. The minimum Gasteiger partial charge on any atom is -0.395 e. The molecule has 0 aliphatic heterocycles. The number of hydrogen-bond donors (Lipinski definition) is 5. The van der Waals surface area contributed by atoms with Crippen molar-refractivity contribution in [1.82, 2.24) is 5.32 Å². The highest BCUT2D eigenvalue weighted by Gasteiger charge is 2.06. The van der Waals surface area contributed by atoms with Crippen LogP contribution in [0.25, 0.3) is 18.2 Å². The zero-order valence-electron chi connectivity index (χ0n) is 27.4. The molecule has 2 aromatic carbocycles. The maximum absolute atomic E-state index is 9.27. The van der Waals surface area contributed by atoms with Crippen LogP contribution in [0.15, 0.2) is 116 Å². The minimum atomic E-state index is 0.0444. The van der Waals surface area contributed by atoms with Gasteiger partial charge in [-0.3, -0.25) is 0 Å². The third-order valence-corrected chi connectivity index (χ3v) is 7.54. The Labute approximate surface area is 280 Å². The Morgan fingerprint density at radius 2 is 1.13 bits per heavy atom. The molecule has 0 unspecified atom stereocenters. The van der Waals surface area contributed by atoms with E-state index in [9.17, 15) is 20.4 Å². The molecular weight excluding hydrogens is 588 g/mol. The first-order chi connectivity index (χ1) is 23.1. The topological polar surface area (TPSA) is 103 Å². The first-order valence-electron chi connectivity index (χ1n) is 16.3. The molecule has 3 aromatic rings. The Kier molecular flexibility index (Phi) is 17.4. The lowest BCUT2D eigenvalue weighted by Crippen LogP contribution is -2.32. The highest BCUT2D eigenvalue weighted by Crippen LogP contribution is 2.18. The molecule has 47 heavy (non-hydrogen) atoms. The second-order valence-electron chi connectivity index (χ2n) is 11.0. The van der Waals surface area contributed by atoms with Gasteiger partial charge in [0.15, 0.2) is 12.4 Å². The van der Waals surface area contributed by atoms with Crippen molar-refractivity contribution < 1.29 is 25.0 Å². The van der Waals surface area contributed by atoms with Crippen molar-refractivity contribution in [2.45, 2.75) is 19.4 Å². The van der Waals surface area contributed by atoms with E-state index in [1.54, 1.807) is 6.08 Å². The van der Waals surface area contributed by atoms with E-state index in [1.807, 2.05) is 82.8 Å². The fourth-order valence-corrected chi connectivity index (χ4v) is 4.99. The summed E-state index contributed by atoms with van der Waals surface area (Å²) in [5.41, 5.74) is 6.28. The maximum atomic E-state index is 9.27. The van der Waals surface area contributed by atoms with Crippen molar-refractivity contribution in [1.29, 1.82) is 0 Å². The van der Waals surface area contributed by atoms with Gasteiger partial charge in [-0.1, -0.05) is 67.3 Å². The van der Waals surface area contributed by atoms with Gasteiger partial charge in [0.05, 0.1) is 26.4 Å². The number of rotatable bonds is 22. The summed E-state index contributed by atoms with van der Waals surface area (Å²) in [6, 6.07) is 20.4. The smallest absolute Gasteiger partial charge is 0.169 e. The predicted octanol–water partition coefficient (Wildman–Crippen LogP) is 4.44. The van der Waals surface area contributed by atoms with Crippen molar-refractivity contribution in [3.8, 4) is 0 Å². The van der Waals surface area contributed by atoms with E-state index in [0.717, 1.165) is 59.6 Å². The number of pyridine rings is 1. The molecule has 0 aliphatic rings. The van der Waals surface area contributed by atoms with Crippen molar-refractivity contribution in [2.24, 2.45) is 0 Å². The molecule has 0 saturated carbocycles. The Bertz CT molecular complexity index is 1400. The molecule has 250 valence electrons. The van der Waals surface area contributed by atoms with Crippen LogP contribution < -0.4 is 19.7 Å². The molecule has 0 saturated heterocycles. The van der Waals surface area contributed by atoms with E-state index >= 15 is 0 Å². The van der Waals surface area contributed by atoms with Crippen molar-refractivity contribution in [2.75, 3.05) is 69.0 Å². The summed E-state index contributed by atoms with van der Waals surface area (Å²) in [4.78, 5) is 3.92. The summed E-state index contributed by atoms with van der Waals surface area (Å²) < 4.78 is 2.21. The highest BCUT2D eigenvalue weighted by atomic mass is 16.3. The van der Waals surface area contributed by atoms with Gasteiger partial charge in [-0.25, -0.2) is 4.57 Å². The number of aromatic nitrogens is 1. The van der Waals surface area contributed by atoms with Gasteiger partial charge in [0.1, 0.15) is 6.54 Å². The summed E-state index contributed by atoms with van der Waals surface area (Å²) in [5.74, 6) is 0. The van der Waals surface area contributed by atoms with Crippen LogP contribution in [0.2, 0.25) is 0 Å². The second kappa shape index (κ2) is 22.1. The number of aliphatic hydroxyl groups excluding tert-OH is 4. The fourth-order valence-electron chi connectivity index (χ4n) is 4.99. The van der Waals surface area contributed by atoms with Gasteiger partial charge < -0.3 is 35.5 Å². The summed E-state index contributed by atoms with van der Waals surface area (Å²) in [6.45, 7) is 7.85. The van der Waals surface area contributed by atoms with Gasteiger partial charge in [0.2, 0.25) is 0 Å². The molecule has 3 rings (SSSR count). The molecule has 5 N–H and O–H groups in total. The summed E-state index contributed by atoms with van der Waals surface area (Å²) >= 11 is 0. The molecule has 0 fully saturated rings. The average Bonchev–Trinajstić information content (AvgIpc) is 3.10. The first kappa shape index (κ1) is 37.0. The van der Waals surface area contributed by atoms with E-state index in [0.29, 0.717) is 26.2 Å². The highest BCUT2D eigenvalue weighted by molar-refractivity contribution is 5.70. The summed E-state index contributed by atoms with van der Waals surface area (Å²) in [7, 11) is 0. The molecule has 0 aliphatic carbocycles. The van der Waals surface area contributed by atoms with E-state index in [1.165, 1.54) is 0 Å². The van der Waals surface area contributed by atoms with Crippen molar-refractivity contribution >= 4 is 29.6 Å². The SMILES string of the molecule is C=C/C=C(\C=C/NCCCC[n+]1ccc(/C=C/c2ccc(N(CCO)CCO)cc2)cc1)/C=C/c1ccc(N(CCO)CCO)cc1. The zero-order valence-corrected chi connectivity index (χ0v) is 27.4. The zero-order chi connectivity index (χ0) is 33.5. The van der Waals surface area contributed by atoms with Gasteiger partial charge >= 0.3 is 0 Å². The van der Waals surface area contributed by atoms with E-state index in [4.69, 9.17) is 0 Å². The second-order valence-corrected chi connectivity index (χ2v) is 11.0. The molecule has 1 aromatic heterocycles. The lowest BCUT2D eigenvalue weighted by atomic mass is 10.1. The number of nitrogens with one attached hydrogen (secondary N) is 1. The average molecular weight is 640 g/mol.